The van der Waals surface area contributed by atoms with Crippen molar-refractivity contribution in [2.45, 2.75) is 12.8 Å². The number of nitrogens with one attached hydrogen (secondary N) is 1. The normalized spacial score (nSPS) is 11.2. The van der Waals surface area contributed by atoms with Crippen molar-refractivity contribution in [2.75, 3.05) is 0 Å². The first kappa shape index (κ1) is 13.3. The highest BCUT2D eigenvalue weighted by Crippen LogP contribution is 2.36. The van der Waals surface area contributed by atoms with Crippen molar-refractivity contribution in [3.63, 3.8) is 0 Å². The second-order valence-electron chi connectivity index (χ2n) is 4.36. The summed E-state index contributed by atoms with van der Waals surface area (Å²) < 4.78 is 13.9. The van der Waals surface area contributed by atoms with E-state index < -0.39 is 0 Å². The van der Waals surface area contributed by atoms with E-state index in [4.69, 9.17) is 11.6 Å². The Hall–Kier alpha value is -1.72. The number of aromatic nitrogens is 2. The minimum absolute atomic E-state index is 0.136. The van der Waals surface area contributed by atoms with Crippen LogP contribution in [0, 0.1) is 12.7 Å². The fourth-order valence-electron chi connectivity index (χ4n) is 2.15. The Balaban J connectivity index is 2.34. The van der Waals surface area contributed by atoms with Crippen LogP contribution in [0.25, 0.3) is 20.7 Å². The first-order valence-electron chi connectivity index (χ1n) is 5.95. The number of aryl methyl sites for hydroxylation is 1. The van der Waals surface area contributed by atoms with Gasteiger partial charge in [0.25, 0.3) is 5.56 Å². The Morgan fingerprint density at radius 3 is 2.85 bits per heavy atom. The Labute approximate surface area is 123 Å². The van der Waals surface area contributed by atoms with Crippen molar-refractivity contribution in [3.8, 4) is 10.4 Å². The molecule has 0 aliphatic rings. The van der Waals surface area contributed by atoms with E-state index in [1.54, 1.807) is 25.1 Å². The highest BCUT2D eigenvalue weighted by molar-refractivity contribution is 7.22. The second-order valence-corrected chi connectivity index (χ2v) is 5.63. The number of hydrogen-bond donors (Lipinski definition) is 1. The lowest BCUT2D eigenvalue weighted by atomic mass is 10.1. The minimum atomic E-state index is -0.309. The summed E-state index contributed by atoms with van der Waals surface area (Å²) in [7, 11) is 0. The fraction of sp³-hybridized carbons (Fsp3) is 0.143. The molecule has 0 aliphatic carbocycles. The molecule has 3 rings (SSSR count). The van der Waals surface area contributed by atoms with Crippen molar-refractivity contribution < 1.29 is 4.39 Å². The molecule has 2 heterocycles. The molecule has 2 aromatic heterocycles. The zero-order valence-corrected chi connectivity index (χ0v) is 12.1. The van der Waals surface area contributed by atoms with E-state index >= 15 is 0 Å². The average molecular weight is 309 g/mol. The molecule has 0 aliphatic heterocycles. The summed E-state index contributed by atoms with van der Waals surface area (Å²) in [5.41, 5.74) is 0.992. The molecule has 20 heavy (non-hydrogen) atoms. The molecule has 1 aromatic carbocycles. The van der Waals surface area contributed by atoms with Gasteiger partial charge < -0.3 is 4.98 Å². The number of aromatic amines is 1. The van der Waals surface area contributed by atoms with E-state index in [9.17, 15) is 9.18 Å². The van der Waals surface area contributed by atoms with Gasteiger partial charge in [0.05, 0.1) is 11.3 Å². The van der Waals surface area contributed by atoms with Crippen LogP contribution in [0.15, 0.2) is 29.1 Å². The summed E-state index contributed by atoms with van der Waals surface area (Å²) in [5, 5.41) is 0.502. The SMILES string of the molecule is Cc1c(-c2ccccc2F)sc2nc(CCl)[nH]c(=O)c12. The maximum atomic E-state index is 13.9. The van der Waals surface area contributed by atoms with Gasteiger partial charge in [-0.25, -0.2) is 9.37 Å². The van der Waals surface area contributed by atoms with Gasteiger partial charge in [0.1, 0.15) is 16.5 Å². The summed E-state index contributed by atoms with van der Waals surface area (Å²) in [6, 6.07) is 6.51. The van der Waals surface area contributed by atoms with Gasteiger partial charge >= 0.3 is 0 Å². The third kappa shape index (κ3) is 2.03. The van der Waals surface area contributed by atoms with Crippen molar-refractivity contribution in [3.05, 3.63) is 51.8 Å². The molecule has 0 atom stereocenters. The quantitative estimate of drug-likeness (QED) is 0.731. The molecule has 102 valence electrons. The van der Waals surface area contributed by atoms with Crippen LogP contribution in [-0.2, 0) is 5.88 Å². The van der Waals surface area contributed by atoms with E-state index in [0.717, 1.165) is 10.4 Å². The van der Waals surface area contributed by atoms with Gasteiger partial charge in [0.15, 0.2) is 0 Å². The third-order valence-electron chi connectivity index (χ3n) is 3.09. The average Bonchev–Trinajstić information content (AvgIpc) is 2.76. The van der Waals surface area contributed by atoms with Gasteiger partial charge in [-0.15, -0.1) is 22.9 Å². The van der Waals surface area contributed by atoms with Gasteiger partial charge in [-0.3, -0.25) is 4.79 Å². The maximum Gasteiger partial charge on any atom is 0.259 e. The number of thiophene rings is 1. The third-order valence-corrected chi connectivity index (χ3v) is 4.57. The number of halogens is 2. The molecule has 0 unspecified atom stereocenters. The molecule has 0 radical (unpaired) electrons. The summed E-state index contributed by atoms with van der Waals surface area (Å²) >= 11 is 7.01. The molecular weight excluding hydrogens is 299 g/mol. The van der Waals surface area contributed by atoms with E-state index in [1.807, 2.05) is 0 Å². The maximum absolute atomic E-state index is 13.9. The summed E-state index contributed by atoms with van der Waals surface area (Å²) in [4.78, 5) is 20.3. The Morgan fingerprint density at radius 1 is 1.40 bits per heavy atom. The van der Waals surface area contributed by atoms with E-state index in [-0.39, 0.29) is 17.3 Å². The number of alkyl halides is 1. The van der Waals surface area contributed by atoms with Crippen LogP contribution in [0.1, 0.15) is 11.4 Å². The van der Waals surface area contributed by atoms with E-state index in [2.05, 4.69) is 9.97 Å². The Kier molecular flexibility index (Phi) is 3.31. The predicted molar refractivity (Wildman–Crippen MR) is 79.9 cm³/mol. The van der Waals surface area contributed by atoms with E-state index in [0.29, 0.717) is 21.6 Å². The van der Waals surface area contributed by atoms with E-state index in [1.165, 1.54) is 17.4 Å². The van der Waals surface area contributed by atoms with Gasteiger partial charge in [0.2, 0.25) is 0 Å². The number of benzene rings is 1. The molecule has 3 aromatic rings. The van der Waals surface area contributed by atoms with Crippen molar-refractivity contribution >= 4 is 33.2 Å². The van der Waals surface area contributed by atoms with Crippen molar-refractivity contribution in [2.24, 2.45) is 0 Å². The van der Waals surface area contributed by atoms with Crippen LogP contribution in [0.3, 0.4) is 0 Å². The molecule has 0 saturated carbocycles. The smallest absolute Gasteiger partial charge is 0.259 e. The first-order valence-corrected chi connectivity index (χ1v) is 7.30. The van der Waals surface area contributed by atoms with Crippen LogP contribution in [0.5, 0.6) is 0 Å². The number of nitrogens with zero attached hydrogens (tertiary/aromatic N) is 1. The lowest BCUT2D eigenvalue weighted by molar-refractivity contribution is 0.631. The van der Waals surface area contributed by atoms with Gasteiger partial charge in [-0.1, -0.05) is 18.2 Å². The molecule has 0 saturated heterocycles. The van der Waals surface area contributed by atoms with Crippen molar-refractivity contribution in [1.82, 2.24) is 9.97 Å². The van der Waals surface area contributed by atoms with Gasteiger partial charge in [-0.05, 0) is 18.6 Å². The molecule has 0 bridgehead atoms. The lowest BCUT2D eigenvalue weighted by Gasteiger charge is -2.00. The summed E-state index contributed by atoms with van der Waals surface area (Å²) in [6.07, 6.45) is 0. The Morgan fingerprint density at radius 2 is 2.15 bits per heavy atom. The minimum Gasteiger partial charge on any atom is -0.309 e. The monoisotopic (exact) mass is 308 g/mol. The predicted octanol–water partition coefficient (Wildman–Crippen LogP) is 3.84. The van der Waals surface area contributed by atoms with Gasteiger partial charge in [-0.2, -0.15) is 0 Å². The number of fused-ring (bicyclic) bond motifs is 1. The molecule has 1 N–H and O–H groups in total. The van der Waals surface area contributed by atoms with Crippen LogP contribution in [0.4, 0.5) is 4.39 Å². The number of rotatable bonds is 2. The second kappa shape index (κ2) is 5.00. The zero-order valence-electron chi connectivity index (χ0n) is 10.5. The molecule has 6 heteroatoms. The highest BCUT2D eigenvalue weighted by atomic mass is 35.5. The topological polar surface area (TPSA) is 45.8 Å². The molecule has 0 amide bonds. The van der Waals surface area contributed by atoms with Crippen LogP contribution < -0.4 is 5.56 Å². The summed E-state index contributed by atoms with van der Waals surface area (Å²) in [5.74, 6) is 0.249. The largest absolute Gasteiger partial charge is 0.309 e. The van der Waals surface area contributed by atoms with Crippen LogP contribution in [0.2, 0.25) is 0 Å². The highest BCUT2D eigenvalue weighted by Gasteiger charge is 2.17. The number of H-pyrrole nitrogens is 1. The molecule has 3 nitrogen and oxygen atoms in total. The van der Waals surface area contributed by atoms with Gasteiger partial charge in [0, 0.05) is 10.4 Å². The molecular formula is C14H10ClFN2OS. The van der Waals surface area contributed by atoms with Crippen LogP contribution >= 0.6 is 22.9 Å². The molecule has 0 fully saturated rings. The lowest BCUT2D eigenvalue weighted by Crippen LogP contribution is -2.10. The van der Waals surface area contributed by atoms with Crippen LogP contribution in [-0.4, -0.2) is 9.97 Å². The Bertz CT molecular complexity index is 856. The summed E-state index contributed by atoms with van der Waals surface area (Å²) in [6.45, 7) is 1.80. The standard InChI is InChI=1S/C14H10ClFN2OS/c1-7-11-13(19)17-10(6-15)18-14(11)20-12(7)8-4-2-3-5-9(8)16/h2-5H,6H2,1H3,(H,17,18,19). The zero-order chi connectivity index (χ0) is 14.3. The van der Waals surface area contributed by atoms with Crippen molar-refractivity contribution in [1.29, 1.82) is 0 Å². The fourth-order valence-corrected chi connectivity index (χ4v) is 3.51. The first-order chi connectivity index (χ1) is 9.61. The number of hydrogen-bond acceptors (Lipinski definition) is 3. The molecule has 0 spiro atoms.